The van der Waals surface area contributed by atoms with Crippen molar-refractivity contribution in [3.05, 3.63) is 57.1 Å². The van der Waals surface area contributed by atoms with Gasteiger partial charge in [-0.3, -0.25) is 4.79 Å². The number of nitrogens with one attached hydrogen (secondary N) is 1. The van der Waals surface area contributed by atoms with Gasteiger partial charge in [0.2, 0.25) is 0 Å². The zero-order valence-corrected chi connectivity index (χ0v) is 18.2. The van der Waals surface area contributed by atoms with Crippen LogP contribution in [0.5, 0.6) is 11.5 Å². The van der Waals surface area contributed by atoms with E-state index in [2.05, 4.69) is 5.32 Å². The van der Waals surface area contributed by atoms with Crippen molar-refractivity contribution < 1.29 is 14.3 Å². The number of amides is 1. The smallest absolute Gasteiger partial charge is 0.266 e. The van der Waals surface area contributed by atoms with Gasteiger partial charge in [0.25, 0.3) is 5.91 Å². The number of methoxy groups -OCH3 is 1. The molecule has 152 valence electrons. The van der Waals surface area contributed by atoms with Gasteiger partial charge in [-0.15, -0.1) is 0 Å². The fourth-order valence-corrected chi connectivity index (χ4v) is 2.91. The Labute approximate surface area is 180 Å². The van der Waals surface area contributed by atoms with Gasteiger partial charge in [-0.25, -0.2) is 0 Å². The molecule has 0 radical (unpaired) electrons. The van der Waals surface area contributed by atoms with E-state index in [0.29, 0.717) is 32.8 Å². The molecule has 0 bridgehead atoms. The molecule has 29 heavy (non-hydrogen) atoms. The van der Waals surface area contributed by atoms with E-state index < -0.39 is 5.91 Å². The number of benzene rings is 2. The van der Waals surface area contributed by atoms with Crippen LogP contribution in [0.3, 0.4) is 0 Å². The Morgan fingerprint density at radius 1 is 1.31 bits per heavy atom. The quantitative estimate of drug-likeness (QED) is 0.427. The predicted octanol–water partition coefficient (Wildman–Crippen LogP) is 6.03. The van der Waals surface area contributed by atoms with Crippen LogP contribution in [-0.2, 0) is 4.79 Å². The maximum atomic E-state index is 12.6. The SMILES string of the molecule is CCC(C)Oc1c(Cl)cc(/C=C(/C#N)C(=O)Nc2cccc(Cl)c2C)cc1OC. The molecular weight excluding hydrogens is 411 g/mol. The first-order valence-corrected chi connectivity index (χ1v) is 9.78. The molecule has 0 saturated carbocycles. The van der Waals surface area contributed by atoms with Crippen LogP contribution in [0.2, 0.25) is 10.0 Å². The van der Waals surface area contributed by atoms with Crippen molar-refractivity contribution in [2.45, 2.75) is 33.3 Å². The van der Waals surface area contributed by atoms with E-state index in [1.165, 1.54) is 13.2 Å². The summed E-state index contributed by atoms with van der Waals surface area (Å²) in [6.45, 7) is 5.72. The molecule has 0 saturated heterocycles. The Kier molecular flexibility index (Phi) is 7.95. The van der Waals surface area contributed by atoms with Crippen LogP contribution in [-0.4, -0.2) is 19.1 Å². The van der Waals surface area contributed by atoms with Crippen LogP contribution >= 0.6 is 23.2 Å². The standard InChI is InChI=1S/C22H22Cl2N2O3/c1-5-13(2)29-21-18(24)10-15(11-20(21)28-4)9-16(12-25)22(27)26-19-8-6-7-17(23)14(19)3/h6-11,13H,5H2,1-4H3,(H,26,27)/b16-9-. The number of rotatable bonds is 7. The molecule has 1 unspecified atom stereocenters. The topological polar surface area (TPSA) is 71.3 Å². The molecule has 1 amide bonds. The highest BCUT2D eigenvalue weighted by Gasteiger charge is 2.16. The molecule has 0 spiro atoms. The number of nitriles is 1. The third-order valence-corrected chi connectivity index (χ3v) is 5.03. The summed E-state index contributed by atoms with van der Waals surface area (Å²) in [5.74, 6) is 0.304. The van der Waals surface area contributed by atoms with Crippen LogP contribution in [0.25, 0.3) is 6.08 Å². The van der Waals surface area contributed by atoms with E-state index in [1.807, 2.05) is 19.9 Å². The lowest BCUT2D eigenvalue weighted by atomic mass is 10.1. The molecule has 2 aromatic rings. The van der Waals surface area contributed by atoms with Gasteiger partial charge < -0.3 is 14.8 Å². The molecule has 1 atom stereocenters. The van der Waals surface area contributed by atoms with E-state index in [-0.39, 0.29) is 11.7 Å². The van der Waals surface area contributed by atoms with Crippen molar-refractivity contribution in [1.82, 2.24) is 0 Å². The van der Waals surface area contributed by atoms with Crippen molar-refractivity contribution in [1.29, 1.82) is 5.26 Å². The van der Waals surface area contributed by atoms with Gasteiger partial charge >= 0.3 is 0 Å². The number of anilines is 1. The number of carbonyl (C=O) groups is 1. The van der Waals surface area contributed by atoms with E-state index in [1.54, 1.807) is 37.3 Å². The maximum absolute atomic E-state index is 12.6. The Morgan fingerprint density at radius 2 is 2.03 bits per heavy atom. The van der Waals surface area contributed by atoms with Crippen LogP contribution < -0.4 is 14.8 Å². The Hall–Kier alpha value is -2.68. The molecule has 0 fully saturated rings. The first-order chi connectivity index (χ1) is 13.8. The summed E-state index contributed by atoms with van der Waals surface area (Å²) in [7, 11) is 1.50. The number of hydrogen-bond donors (Lipinski definition) is 1. The monoisotopic (exact) mass is 432 g/mol. The minimum Gasteiger partial charge on any atom is -0.493 e. The molecule has 5 nitrogen and oxygen atoms in total. The molecule has 7 heteroatoms. The van der Waals surface area contributed by atoms with E-state index >= 15 is 0 Å². The van der Waals surface area contributed by atoms with Crippen molar-refractivity contribution in [3.8, 4) is 17.6 Å². The number of ether oxygens (including phenoxy) is 2. The summed E-state index contributed by atoms with van der Waals surface area (Å²) in [6.07, 6.45) is 2.21. The highest BCUT2D eigenvalue weighted by molar-refractivity contribution is 6.32. The highest BCUT2D eigenvalue weighted by Crippen LogP contribution is 2.38. The van der Waals surface area contributed by atoms with Gasteiger partial charge in [-0.05, 0) is 61.7 Å². The zero-order chi connectivity index (χ0) is 21.6. The second kappa shape index (κ2) is 10.2. The number of hydrogen-bond acceptors (Lipinski definition) is 4. The number of halogens is 2. The van der Waals surface area contributed by atoms with Crippen LogP contribution in [0, 0.1) is 18.3 Å². The van der Waals surface area contributed by atoms with Crippen LogP contribution in [0.4, 0.5) is 5.69 Å². The minimum atomic E-state index is -0.548. The van der Waals surface area contributed by atoms with Crippen molar-refractivity contribution in [2.75, 3.05) is 12.4 Å². The van der Waals surface area contributed by atoms with Gasteiger partial charge in [0.05, 0.1) is 18.2 Å². The first kappa shape index (κ1) is 22.6. The van der Waals surface area contributed by atoms with Crippen molar-refractivity contribution in [3.63, 3.8) is 0 Å². The zero-order valence-electron chi connectivity index (χ0n) is 16.7. The number of carbonyl (C=O) groups excluding carboxylic acids is 1. The summed E-state index contributed by atoms with van der Waals surface area (Å²) in [4.78, 5) is 12.6. The second-order valence-electron chi connectivity index (χ2n) is 6.41. The first-order valence-electron chi connectivity index (χ1n) is 9.03. The summed E-state index contributed by atoms with van der Waals surface area (Å²) < 4.78 is 11.2. The maximum Gasteiger partial charge on any atom is 0.266 e. The molecule has 0 aliphatic heterocycles. The van der Waals surface area contributed by atoms with Gasteiger partial charge in [0.1, 0.15) is 11.6 Å². The van der Waals surface area contributed by atoms with E-state index in [0.717, 1.165) is 12.0 Å². The van der Waals surface area contributed by atoms with Crippen LogP contribution in [0.15, 0.2) is 35.9 Å². The van der Waals surface area contributed by atoms with Crippen molar-refractivity contribution >= 4 is 40.9 Å². The second-order valence-corrected chi connectivity index (χ2v) is 7.22. The molecule has 0 aromatic heterocycles. The summed E-state index contributed by atoms with van der Waals surface area (Å²) in [5, 5.41) is 13.0. The fraction of sp³-hybridized carbons (Fsp3) is 0.273. The largest absolute Gasteiger partial charge is 0.493 e. The summed E-state index contributed by atoms with van der Waals surface area (Å²) >= 11 is 12.4. The third kappa shape index (κ3) is 5.66. The molecular formula is C22H22Cl2N2O3. The lowest BCUT2D eigenvalue weighted by Crippen LogP contribution is -2.14. The summed E-state index contributed by atoms with van der Waals surface area (Å²) in [5.41, 5.74) is 1.71. The third-order valence-electron chi connectivity index (χ3n) is 4.34. The highest BCUT2D eigenvalue weighted by atomic mass is 35.5. The Morgan fingerprint density at radius 3 is 2.66 bits per heavy atom. The minimum absolute atomic E-state index is 0.0378. The van der Waals surface area contributed by atoms with Crippen LogP contribution in [0.1, 0.15) is 31.4 Å². The van der Waals surface area contributed by atoms with Gasteiger partial charge in [0, 0.05) is 10.7 Å². The Balaban J connectivity index is 2.34. The van der Waals surface area contributed by atoms with E-state index in [9.17, 15) is 10.1 Å². The summed E-state index contributed by atoms with van der Waals surface area (Å²) in [6, 6.07) is 10.4. The van der Waals surface area contributed by atoms with Gasteiger partial charge in [0.15, 0.2) is 11.5 Å². The number of nitrogens with zero attached hydrogens (tertiary/aromatic N) is 1. The van der Waals surface area contributed by atoms with E-state index in [4.69, 9.17) is 32.7 Å². The molecule has 2 rings (SSSR count). The lowest BCUT2D eigenvalue weighted by molar-refractivity contribution is -0.112. The Bertz CT molecular complexity index is 981. The average Bonchev–Trinajstić information content (AvgIpc) is 2.70. The lowest BCUT2D eigenvalue weighted by Gasteiger charge is -2.17. The molecule has 1 N–H and O–H groups in total. The van der Waals surface area contributed by atoms with Gasteiger partial charge in [-0.2, -0.15) is 5.26 Å². The molecule has 0 aliphatic rings. The predicted molar refractivity (Wildman–Crippen MR) is 117 cm³/mol. The van der Waals surface area contributed by atoms with Crippen molar-refractivity contribution in [2.24, 2.45) is 0 Å². The molecule has 2 aromatic carbocycles. The van der Waals surface area contributed by atoms with Gasteiger partial charge in [-0.1, -0.05) is 36.2 Å². The average molecular weight is 433 g/mol. The molecule has 0 aliphatic carbocycles. The molecule has 0 heterocycles. The fourth-order valence-electron chi connectivity index (χ4n) is 2.47. The normalized spacial score (nSPS) is 12.1.